The lowest BCUT2D eigenvalue weighted by Gasteiger charge is -2.41. The Kier molecular flexibility index (Phi) is 2.60. The van der Waals surface area contributed by atoms with Crippen LogP contribution in [0.3, 0.4) is 0 Å². The summed E-state index contributed by atoms with van der Waals surface area (Å²) in [7, 11) is 0. The van der Waals surface area contributed by atoms with Crippen molar-refractivity contribution >= 4 is 34.5 Å². The highest BCUT2D eigenvalue weighted by atomic mass is 35.5. The highest BCUT2D eigenvalue weighted by Gasteiger charge is 2.39. The van der Waals surface area contributed by atoms with E-state index in [2.05, 4.69) is 25.3 Å². The van der Waals surface area contributed by atoms with Gasteiger partial charge in [0, 0.05) is 13.1 Å². The number of imidazole rings is 1. The van der Waals surface area contributed by atoms with E-state index in [0.717, 1.165) is 0 Å². The molecule has 0 saturated carbocycles. The van der Waals surface area contributed by atoms with Gasteiger partial charge in [-0.3, -0.25) is 4.79 Å². The molecule has 0 unspecified atom stereocenters. The number of rotatable bonds is 1. The van der Waals surface area contributed by atoms with Crippen LogP contribution in [0.2, 0.25) is 5.28 Å². The summed E-state index contributed by atoms with van der Waals surface area (Å²) in [5.41, 5.74) is 0.484. The highest BCUT2D eigenvalue weighted by Crippen LogP contribution is 2.29. The fourth-order valence-corrected chi connectivity index (χ4v) is 2.42. The third kappa shape index (κ3) is 1.81. The molecule has 100 valence electrons. The Morgan fingerprint density at radius 1 is 1.42 bits per heavy atom. The number of anilines is 1. The Morgan fingerprint density at radius 2 is 2.21 bits per heavy atom. The number of piperazine rings is 1. The standard InChI is InChI=1S/C11H13ClN6O/c1-11(2)9(19)13-3-4-18(11)8-6-7(15-5-14-6)16-10(12)17-8/h5H,3-4H2,1-2H3,(H,13,19)(H,14,15,16,17). The molecule has 19 heavy (non-hydrogen) atoms. The number of nitrogens with one attached hydrogen (secondary N) is 2. The second-order valence-electron chi connectivity index (χ2n) is 4.88. The molecule has 3 rings (SSSR count). The lowest BCUT2D eigenvalue weighted by atomic mass is 9.99. The number of aromatic nitrogens is 4. The number of carbonyl (C=O) groups is 1. The maximum absolute atomic E-state index is 12.0. The molecule has 1 saturated heterocycles. The second-order valence-corrected chi connectivity index (χ2v) is 5.22. The Balaban J connectivity index is 2.18. The fourth-order valence-electron chi connectivity index (χ4n) is 2.26. The Hall–Kier alpha value is -1.89. The van der Waals surface area contributed by atoms with Crippen LogP contribution in [0.1, 0.15) is 13.8 Å². The third-order valence-corrected chi connectivity index (χ3v) is 3.52. The van der Waals surface area contributed by atoms with Gasteiger partial charge < -0.3 is 15.2 Å². The van der Waals surface area contributed by atoms with Crippen molar-refractivity contribution in [2.75, 3.05) is 18.0 Å². The molecule has 1 fully saturated rings. The van der Waals surface area contributed by atoms with E-state index in [1.54, 1.807) is 0 Å². The van der Waals surface area contributed by atoms with Gasteiger partial charge in [-0.05, 0) is 25.4 Å². The van der Waals surface area contributed by atoms with Crippen molar-refractivity contribution in [2.45, 2.75) is 19.4 Å². The number of fused-ring (bicyclic) bond motifs is 1. The summed E-state index contributed by atoms with van der Waals surface area (Å²) in [5.74, 6) is 0.563. The highest BCUT2D eigenvalue weighted by molar-refractivity contribution is 6.28. The van der Waals surface area contributed by atoms with Gasteiger partial charge in [-0.1, -0.05) is 0 Å². The maximum atomic E-state index is 12.0. The lowest BCUT2D eigenvalue weighted by Crippen LogP contribution is -2.62. The minimum atomic E-state index is -0.700. The van der Waals surface area contributed by atoms with Crippen LogP contribution in [0.25, 0.3) is 11.2 Å². The van der Waals surface area contributed by atoms with Gasteiger partial charge in [-0.15, -0.1) is 0 Å². The van der Waals surface area contributed by atoms with E-state index in [1.165, 1.54) is 6.33 Å². The van der Waals surface area contributed by atoms with Crippen molar-refractivity contribution in [3.8, 4) is 0 Å². The molecule has 3 heterocycles. The molecule has 0 radical (unpaired) electrons. The maximum Gasteiger partial charge on any atom is 0.245 e. The summed E-state index contributed by atoms with van der Waals surface area (Å²) in [6.45, 7) is 4.92. The van der Waals surface area contributed by atoms with Crippen LogP contribution in [0.5, 0.6) is 0 Å². The number of hydrogen-bond acceptors (Lipinski definition) is 5. The second kappa shape index (κ2) is 4.06. The SMILES string of the molecule is CC1(C)C(=O)NCCN1c1nc(Cl)nc2nc[nH]c12. The number of hydrogen-bond donors (Lipinski definition) is 2. The summed E-state index contributed by atoms with van der Waals surface area (Å²) < 4.78 is 0. The number of halogens is 1. The van der Waals surface area contributed by atoms with Crippen molar-refractivity contribution in [1.82, 2.24) is 25.3 Å². The topological polar surface area (TPSA) is 86.8 Å². The molecule has 1 amide bonds. The van der Waals surface area contributed by atoms with E-state index in [-0.39, 0.29) is 11.2 Å². The zero-order chi connectivity index (χ0) is 13.6. The molecule has 1 aliphatic heterocycles. The van der Waals surface area contributed by atoms with Gasteiger partial charge in [0.05, 0.1) is 6.33 Å². The number of aromatic amines is 1. The van der Waals surface area contributed by atoms with E-state index in [1.807, 2.05) is 18.7 Å². The molecule has 0 atom stereocenters. The molecule has 0 spiro atoms. The number of H-pyrrole nitrogens is 1. The van der Waals surface area contributed by atoms with E-state index < -0.39 is 5.54 Å². The largest absolute Gasteiger partial charge is 0.352 e. The van der Waals surface area contributed by atoms with Crippen LogP contribution >= 0.6 is 11.6 Å². The minimum absolute atomic E-state index is 0.0406. The summed E-state index contributed by atoms with van der Waals surface area (Å²) >= 11 is 5.93. The van der Waals surface area contributed by atoms with Gasteiger partial charge >= 0.3 is 0 Å². The molecule has 2 N–H and O–H groups in total. The van der Waals surface area contributed by atoms with Crippen LogP contribution in [-0.2, 0) is 4.79 Å². The number of nitrogens with zero attached hydrogens (tertiary/aromatic N) is 4. The number of amides is 1. The van der Waals surface area contributed by atoms with E-state index >= 15 is 0 Å². The lowest BCUT2D eigenvalue weighted by molar-refractivity contribution is -0.126. The van der Waals surface area contributed by atoms with Gasteiger partial charge in [-0.25, -0.2) is 4.98 Å². The zero-order valence-corrected chi connectivity index (χ0v) is 11.3. The van der Waals surface area contributed by atoms with Crippen LogP contribution in [0.4, 0.5) is 5.82 Å². The monoisotopic (exact) mass is 280 g/mol. The molecule has 0 aliphatic carbocycles. The van der Waals surface area contributed by atoms with Crippen LogP contribution < -0.4 is 10.2 Å². The molecule has 2 aromatic heterocycles. The van der Waals surface area contributed by atoms with Crippen molar-refractivity contribution in [2.24, 2.45) is 0 Å². The summed E-state index contributed by atoms with van der Waals surface area (Å²) in [6.07, 6.45) is 1.54. The van der Waals surface area contributed by atoms with Crippen molar-refractivity contribution in [1.29, 1.82) is 0 Å². The van der Waals surface area contributed by atoms with Crippen molar-refractivity contribution in [3.05, 3.63) is 11.6 Å². The Morgan fingerprint density at radius 3 is 3.00 bits per heavy atom. The smallest absolute Gasteiger partial charge is 0.245 e. The van der Waals surface area contributed by atoms with Gasteiger partial charge in [0.2, 0.25) is 11.2 Å². The average molecular weight is 281 g/mol. The van der Waals surface area contributed by atoms with Crippen molar-refractivity contribution in [3.63, 3.8) is 0 Å². The van der Waals surface area contributed by atoms with Crippen LogP contribution in [-0.4, -0.2) is 44.5 Å². The van der Waals surface area contributed by atoms with E-state index in [9.17, 15) is 4.79 Å². The first-order valence-corrected chi connectivity index (χ1v) is 6.30. The van der Waals surface area contributed by atoms with Crippen molar-refractivity contribution < 1.29 is 4.79 Å². The quantitative estimate of drug-likeness (QED) is 0.752. The van der Waals surface area contributed by atoms with Crippen LogP contribution in [0, 0.1) is 0 Å². The summed E-state index contributed by atoms with van der Waals surface area (Å²) in [4.78, 5) is 29.3. The Labute approximate surface area is 114 Å². The summed E-state index contributed by atoms with van der Waals surface area (Å²) in [5, 5.41) is 2.97. The molecular weight excluding hydrogens is 268 g/mol. The van der Waals surface area contributed by atoms with E-state index in [4.69, 9.17) is 11.6 Å². The van der Waals surface area contributed by atoms with Gasteiger partial charge in [0.15, 0.2) is 11.5 Å². The van der Waals surface area contributed by atoms with E-state index in [0.29, 0.717) is 30.1 Å². The number of carbonyl (C=O) groups excluding carboxylic acids is 1. The first kappa shape index (κ1) is 12.2. The molecular formula is C11H13ClN6O. The third-order valence-electron chi connectivity index (χ3n) is 3.35. The molecule has 8 heteroatoms. The molecule has 0 bridgehead atoms. The first-order valence-electron chi connectivity index (χ1n) is 5.93. The molecule has 1 aliphatic rings. The summed E-state index contributed by atoms with van der Waals surface area (Å²) in [6, 6.07) is 0. The molecule has 0 aromatic carbocycles. The van der Waals surface area contributed by atoms with Gasteiger partial charge in [-0.2, -0.15) is 9.97 Å². The average Bonchev–Trinajstić information content (AvgIpc) is 2.79. The van der Waals surface area contributed by atoms with Gasteiger partial charge in [0.25, 0.3) is 0 Å². The Bertz CT molecular complexity index is 652. The van der Waals surface area contributed by atoms with Crippen LogP contribution in [0.15, 0.2) is 6.33 Å². The molecule has 7 nitrogen and oxygen atoms in total. The minimum Gasteiger partial charge on any atom is -0.352 e. The normalized spacial score (nSPS) is 18.7. The first-order chi connectivity index (χ1) is 9.00. The predicted molar refractivity (Wildman–Crippen MR) is 71.1 cm³/mol. The van der Waals surface area contributed by atoms with Gasteiger partial charge in [0.1, 0.15) is 11.1 Å². The fraction of sp³-hybridized carbons (Fsp3) is 0.455. The zero-order valence-electron chi connectivity index (χ0n) is 10.6. The molecule has 2 aromatic rings. The predicted octanol–water partition coefficient (Wildman–Crippen LogP) is 0.721.